The Morgan fingerprint density at radius 3 is 2.54 bits per heavy atom. The van der Waals surface area contributed by atoms with Gasteiger partial charge in [0.15, 0.2) is 6.29 Å². The molecule has 5 fully saturated rings. The molecule has 3 heterocycles. The lowest BCUT2D eigenvalue weighted by Crippen LogP contribution is -2.65. The molecule has 6 rings (SSSR count). The summed E-state index contributed by atoms with van der Waals surface area (Å²) in [6, 6.07) is 0.782. The van der Waals surface area contributed by atoms with Crippen LogP contribution in [0.2, 0.25) is 5.15 Å². The maximum absolute atomic E-state index is 11.3. The first kappa shape index (κ1) is 26.1. The third kappa shape index (κ3) is 5.09. The molecule has 3 N–H and O–H groups in total. The van der Waals surface area contributed by atoms with E-state index in [2.05, 4.69) is 15.3 Å². The van der Waals surface area contributed by atoms with E-state index in [1.807, 2.05) is 0 Å². The van der Waals surface area contributed by atoms with Crippen molar-refractivity contribution in [2.24, 2.45) is 29.6 Å². The van der Waals surface area contributed by atoms with Gasteiger partial charge < -0.3 is 29.7 Å². The molecule has 3 aliphatic carbocycles. The largest absolute Gasteiger partial charge is 0.481 e. The fourth-order valence-electron chi connectivity index (χ4n) is 8.35. The summed E-state index contributed by atoms with van der Waals surface area (Å²) in [6.07, 6.45) is 13.1. The first-order valence-electron chi connectivity index (χ1n) is 14.5. The predicted molar refractivity (Wildman–Crippen MR) is 139 cm³/mol. The summed E-state index contributed by atoms with van der Waals surface area (Å²) in [6.45, 7) is 0.288. The number of ether oxygens (including phenoxy) is 3. The van der Waals surface area contributed by atoms with E-state index in [0.29, 0.717) is 5.88 Å². The van der Waals surface area contributed by atoms with E-state index in [-0.39, 0.29) is 23.6 Å². The van der Waals surface area contributed by atoms with Gasteiger partial charge in [0.25, 0.3) is 0 Å². The van der Waals surface area contributed by atoms with E-state index >= 15 is 0 Å². The second-order valence-electron chi connectivity index (χ2n) is 12.4. The van der Waals surface area contributed by atoms with Crippen molar-refractivity contribution in [2.45, 2.75) is 107 Å². The number of methoxy groups -OCH3 is 1. The smallest absolute Gasteiger partial charge is 0.227 e. The topological polar surface area (TPSA) is 106 Å². The molecule has 0 aromatic carbocycles. The summed E-state index contributed by atoms with van der Waals surface area (Å²) in [5, 5.41) is 25.7. The van der Waals surface area contributed by atoms with Crippen molar-refractivity contribution in [3.63, 3.8) is 0 Å². The number of aromatic nitrogens is 2. The molecule has 37 heavy (non-hydrogen) atoms. The number of rotatable bonds is 7. The summed E-state index contributed by atoms with van der Waals surface area (Å²) >= 11 is 6.07. The predicted octanol–water partition coefficient (Wildman–Crippen LogP) is 4.57. The third-order valence-electron chi connectivity index (χ3n) is 10.3. The van der Waals surface area contributed by atoms with Gasteiger partial charge >= 0.3 is 0 Å². The molecule has 5 aliphatic rings. The Morgan fingerprint density at radius 1 is 1.03 bits per heavy atom. The quantitative estimate of drug-likeness (QED) is 0.436. The van der Waals surface area contributed by atoms with Crippen molar-refractivity contribution in [1.29, 1.82) is 0 Å². The number of halogens is 1. The first-order chi connectivity index (χ1) is 17.9. The zero-order valence-corrected chi connectivity index (χ0v) is 22.6. The van der Waals surface area contributed by atoms with E-state index in [4.69, 9.17) is 25.8 Å². The van der Waals surface area contributed by atoms with Crippen LogP contribution in [0.3, 0.4) is 0 Å². The monoisotopic (exact) mass is 535 g/mol. The molecule has 0 spiro atoms. The van der Waals surface area contributed by atoms with Gasteiger partial charge in [0, 0.05) is 6.07 Å². The van der Waals surface area contributed by atoms with E-state index in [1.165, 1.54) is 77.4 Å². The Kier molecular flexibility index (Phi) is 7.58. The van der Waals surface area contributed by atoms with Crippen molar-refractivity contribution in [3.8, 4) is 5.88 Å². The van der Waals surface area contributed by atoms with Gasteiger partial charge in [-0.05, 0) is 74.5 Å². The molecule has 2 saturated heterocycles. The van der Waals surface area contributed by atoms with Gasteiger partial charge in [-0.25, -0.2) is 4.98 Å². The van der Waals surface area contributed by atoms with Crippen molar-refractivity contribution < 1.29 is 24.4 Å². The highest BCUT2D eigenvalue weighted by molar-refractivity contribution is 6.29. The zero-order valence-electron chi connectivity index (χ0n) is 21.9. The van der Waals surface area contributed by atoms with Crippen LogP contribution in [0.25, 0.3) is 0 Å². The lowest BCUT2D eigenvalue weighted by atomic mass is 9.67. The fourth-order valence-corrected chi connectivity index (χ4v) is 8.53. The average Bonchev–Trinajstić information content (AvgIpc) is 3.67. The van der Waals surface area contributed by atoms with Gasteiger partial charge in [0.1, 0.15) is 29.0 Å². The number of nitrogens with one attached hydrogen (secondary N) is 1. The Balaban J connectivity index is 1.05. The van der Waals surface area contributed by atoms with Gasteiger partial charge in [-0.1, -0.05) is 43.7 Å². The maximum atomic E-state index is 11.3. The minimum Gasteiger partial charge on any atom is -0.481 e. The fraction of sp³-hybridized carbons (Fsp3) is 0.857. The summed E-state index contributed by atoms with van der Waals surface area (Å²) in [5.74, 6) is 4.27. The number of nitrogens with zero attached hydrogens (tertiary/aromatic N) is 2. The van der Waals surface area contributed by atoms with E-state index in [1.54, 1.807) is 0 Å². The van der Waals surface area contributed by atoms with Crippen molar-refractivity contribution in [1.82, 2.24) is 9.97 Å². The molecule has 206 valence electrons. The van der Waals surface area contributed by atoms with Crippen LogP contribution in [0.5, 0.6) is 5.88 Å². The Labute approximate surface area is 224 Å². The average molecular weight is 536 g/mol. The Bertz CT molecular complexity index is 940. The number of anilines is 1. The van der Waals surface area contributed by atoms with Crippen molar-refractivity contribution in [3.05, 3.63) is 11.2 Å². The van der Waals surface area contributed by atoms with Crippen LogP contribution in [0.1, 0.15) is 77.0 Å². The maximum Gasteiger partial charge on any atom is 0.227 e. The highest BCUT2D eigenvalue weighted by atomic mass is 35.5. The molecule has 3 saturated carbocycles. The minimum absolute atomic E-state index is 0.178. The van der Waals surface area contributed by atoms with E-state index in [9.17, 15) is 10.2 Å². The molecular formula is C28H42ClN3O5. The molecule has 2 unspecified atom stereocenters. The molecule has 7 atom stereocenters. The molecular weight excluding hydrogens is 494 g/mol. The van der Waals surface area contributed by atoms with Gasteiger partial charge in [-0.15, -0.1) is 0 Å². The first-order valence-corrected chi connectivity index (χ1v) is 14.8. The summed E-state index contributed by atoms with van der Waals surface area (Å²) in [7, 11) is 1.50. The summed E-state index contributed by atoms with van der Waals surface area (Å²) in [5.41, 5.74) is -0.860. The minimum atomic E-state index is -1.08. The number of hydrogen-bond acceptors (Lipinski definition) is 8. The standard InChI is InChI=1S/C28H42ClN3O5/c1-35-22-14-21(29)30-27(31-22)32-23-24(33)25(34)28(15-36-26(23)37-28)20-10-8-18(9-11-20)19-7-6-17(13-19)12-16-4-2-3-5-16/h14,16-20,23-26,33-34H,2-13,15H2,1H3,(H,30,31,32)/t17?,18?,19?,20?,23-,24-,25-,26+,28-/m1/s1. The van der Waals surface area contributed by atoms with Crippen LogP contribution in [0, 0.1) is 29.6 Å². The Morgan fingerprint density at radius 2 is 1.78 bits per heavy atom. The number of hydrogen-bond donors (Lipinski definition) is 3. The molecule has 1 aromatic rings. The SMILES string of the molecule is COc1cc(Cl)nc(N[C@H]2[C@H]3OC[C@](C4CCC(C5CCC(CC6CCCC6)C5)CC4)(O3)[C@H](O)[C@@H]2O)n1. The van der Waals surface area contributed by atoms with E-state index < -0.39 is 30.1 Å². The van der Waals surface area contributed by atoms with Crippen LogP contribution in [0.4, 0.5) is 5.95 Å². The second-order valence-corrected chi connectivity index (χ2v) is 12.7. The van der Waals surface area contributed by atoms with Crippen LogP contribution in [-0.2, 0) is 9.47 Å². The van der Waals surface area contributed by atoms with Crippen LogP contribution in [0.15, 0.2) is 6.07 Å². The van der Waals surface area contributed by atoms with Crippen molar-refractivity contribution in [2.75, 3.05) is 19.0 Å². The highest BCUT2D eigenvalue weighted by Crippen LogP contribution is 2.51. The molecule has 1 aromatic heterocycles. The number of fused-ring (bicyclic) bond motifs is 2. The van der Waals surface area contributed by atoms with Crippen molar-refractivity contribution >= 4 is 17.5 Å². The molecule has 0 radical (unpaired) electrons. The molecule has 2 aliphatic heterocycles. The molecule has 0 amide bonds. The van der Waals surface area contributed by atoms with E-state index in [0.717, 1.165) is 36.5 Å². The van der Waals surface area contributed by atoms with Gasteiger partial charge in [-0.2, -0.15) is 4.98 Å². The second kappa shape index (κ2) is 10.8. The van der Waals surface area contributed by atoms with Gasteiger partial charge in [-0.3, -0.25) is 0 Å². The number of aliphatic hydroxyl groups is 2. The van der Waals surface area contributed by atoms with Crippen LogP contribution in [-0.4, -0.2) is 64.0 Å². The molecule has 8 nitrogen and oxygen atoms in total. The van der Waals surface area contributed by atoms with Gasteiger partial charge in [0.05, 0.1) is 13.7 Å². The molecule has 2 bridgehead atoms. The summed E-state index contributed by atoms with van der Waals surface area (Å²) in [4.78, 5) is 8.41. The Hall–Kier alpha value is -1.19. The third-order valence-corrected chi connectivity index (χ3v) is 10.5. The summed E-state index contributed by atoms with van der Waals surface area (Å²) < 4.78 is 17.6. The highest BCUT2D eigenvalue weighted by Gasteiger charge is 2.62. The van der Waals surface area contributed by atoms with Crippen LogP contribution < -0.4 is 10.1 Å². The normalized spacial score (nSPS) is 42.3. The number of aliphatic hydroxyl groups excluding tert-OH is 2. The zero-order chi connectivity index (χ0) is 25.6. The van der Waals surface area contributed by atoms with Crippen LogP contribution >= 0.6 is 11.6 Å². The molecule has 9 heteroatoms. The lowest BCUT2D eigenvalue weighted by molar-refractivity contribution is -0.235. The lowest BCUT2D eigenvalue weighted by Gasteiger charge is -2.48. The van der Waals surface area contributed by atoms with Gasteiger partial charge in [0.2, 0.25) is 11.8 Å².